The molecule has 0 bridgehead atoms. The third-order valence-corrected chi connectivity index (χ3v) is 2.00. The van der Waals surface area contributed by atoms with Gasteiger partial charge in [0.05, 0.1) is 6.61 Å². The smallest absolute Gasteiger partial charge is 0.108 e. The fourth-order valence-corrected chi connectivity index (χ4v) is 1.29. The molecule has 0 aromatic heterocycles. The molecular weight excluding hydrogens is 180 g/mol. The van der Waals surface area contributed by atoms with Crippen LogP contribution in [0.25, 0.3) is 0 Å². The summed E-state index contributed by atoms with van der Waals surface area (Å²) >= 11 is 0. The summed E-state index contributed by atoms with van der Waals surface area (Å²) in [6, 6.07) is 5.23. The minimum atomic E-state index is 0.0941. The monoisotopic (exact) mass is 194 g/mol. The molecule has 4 heteroatoms. The fraction of sp³-hybridized carbons (Fsp3) is 0.400. The molecule has 1 aromatic carbocycles. The third-order valence-electron chi connectivity index (χ3n) is 2.00. The van der Waals surface area contributed by atoms with E-state index in [1.165, 1.54) is 0 Å². The van der Waals surface area contributed by atoms with Gasteiger partial charge in [0.25, 0.3) is 0 Å². The number of anilines is 1. The number of hydrogen-bond acceptors (Lipinski definition) is 4. The molecule has 2 N–H and O–H groups in total. The van der Waals surface area contributed by atoms with Crippen LogP contribution in [0.5, 0.6) is 0 Å². The Kier molecular flexibility index (Phi) is 4.07. The van der Waals surface area contributed by atoms with Crippen molar-refractivity contribution in [2.75, 3.05) is 18.5 Å². The zero-order valence-corrected chi connectivity index (χ0v) is 8.16. The highest BCUT2D eigenvalue weighted by molar-refractivity contribution is 5.57. The molecule has 0 atom stereocenters. The average molecular weight is 194 g/mol. The van der Waals surface area contributed by atoms with Gasteiger partial charge in [0, 0.05) is 12.2 Å². The summed E-state index contributed by atoms with van der Waals surface area (Å²) in [5.41, 5.74) is 2.43. The lowest BCUT2D eigenvalue weighted by Gasteiger charge is -2.09. The first-order valence-corrected chi connectivity index (χ1v) is 4.62. The number of nitrogens with zero attached hydrogens (tertiary/aromatic N) is 1. The van der Waals surface area contributed by atoms with Gasteiger partial charge in [0.2, 0.25) is 0 Å². The summed E-state index contributed by atoms with van der Waals surface area (Å²) in [5.74, 6) is 0. The second-order valence-corrected chi connectivity index (χ2v) is 2.94. The van der Waals surface area contributed by atoms with E-state index in [2.05, 4.69) is 10.5 Å². The van der Waals surface area contributed by atoms with E-state index in [4.69, 9.17) is 5.11 Å². The van der Waals surface area contributed by atoms with E-state index in [0.717, 1.165) is 17.7 Å². The zero-order valence-electron chi connectivity index (χ0n) is 8.16. The van der Waals surface area contributed by atoms with Crippen LogP contribution in [-0.2, 0) is 6.42 Å². The molecule has 0 radical (unpaired) electrons. The van der Waals surface area contributed by atoms with Crippen molar-refractivity contribution in [3.05, 3.63) is 28.7 Å². The number of aryl methyl sites for hydroxylation is 1. The lowest BCUT2D eigenvalue weighted by Crippen LogP contribution is -2.07. The first kappa shape index (κ1) is 10.7. The highest BCUT2D eigenvalue weighted by Gasteiger charge is 2.01. The SMILES string of the molecule is CCc1cc(N=O)ccc1NCCO. The summed E-state index contributed by atoms with van der Waals surface area (Å²) in [6.45, 7) is 2.62. The van der Waals surface area contributed by atoms with Crippen molar-refractivity contribution < 1.29 is 5.11 Å². The van der Waals surface area contributed by atoms with Crippen molar-refractivity contribution >= 4 is 11.4 Å². The van der Waals surface area contributed by atoms with Crippen LogP contribution in [0.15, 0.2) is 23.4 Å². The molecule has 0 fully saturated rings. The van der Waals surface area contributed by atoms with Gasteiger partial charge in [-0.25, -0.2) is 0 Å². The Morgan fingerprint density at radius 2 is 2.29 bits per heavy atom. The molecule has 0 amide bonds. The van der Waals surface area contributed by atoms with E-state index in [-0.39, 0.29) is 6.61 Å². The van der Waals surface area contributed by atoms with Crippen molar-refractivity contribution in [2.45, 2.75) is 13.3 Å². The number of nitroso groups, excluding NO2 is 1. The zero-order chi connectivity index (χ0) is 10.4. The minimum absolute atomic E-state index is 0.0941. The van der Waals surface area contributed by atoms with Crippen LogP contribution in [0, 0.1) is 4.91 Å². The summed E-state index contributed by atoms with van der Waals surface area (Å²) in [6.07, 6.45) is 0.830. The van der Waals surface area contributed by atoms with Crippen LogP contribution >= 0.6 is 0 Å². The van der Waals surface area contributed by atoms with Gasteiger partial charge in [-0.15, -0.1) is 4.91 Å². The summed E-state index contributed by atoms with van der Waals surface area (Å²) in [4.78, 5) is 10.3. The van der Waals surface area contributed by atoms with Crippen LogP contribution < -0.4 is 5.32 Å². The molecule has 1 aromatic rings. The minimum Gasteiger partial charge on any atom is -0.395 e. The predicted octanol–water partition coefficient (Wildman–Crippen LogP) is 2.05. The van der Waals surface area contributed by atoms with E-state index in [0.29, 0.717) is 12.2 Å². The molecule has 0 unspecified atom stereocenters. The van der Waals surface area contributed by atoms with Gasteiger partial charge in [-0.1, -0.05) is 6.92 Å². The maximum absolute atomic E-state index is 10.3. The number of nitrogens with one attached hydrogen (secondary N) is 1. The summed E-state index contributed by atoms with van der Waals surface area (Å²) in [5, 5.41) is 14.6. The normalized spacial score (nSPS) is 9.86. The summed E-state index contributed by atoms with van der Waals surface area (Å²) < 4.78 is 0. The Hall–Kier alpha value is -1.42. The van der Waals surface area contributed by atoms with Gasteiger partial charge < -0.3 is 10.4 Å². The second kappa shape index (κ2) is 5.34. The Morgan fingerprint density at radius 1 is 1.50 bits per heavy atom. The topological polar surface area (TPSA) is 61.7 Å². The number of rotatable bonds is 5. The molecule has 0 aliphatic rings. The van der Waals surface area contributed by atoms with Crippen molar-refractivity contribution in [1.29, 1.82) is 0 Å². The Balaban J connectivity index is 2.87. The van der Waals surface area contributed by atoms with E-state index >= 15 is 0 Å². The molecule has 4 nitrogen and oxygen atoms in total. The summed E-state index contributed by atoms with van der Waals surface area (Å²) in [7, 11) is 0. The number of hydrogen-bond donors (Lipinski definition) is 2. The first-order valence-electron chi connectivity index (χ1n) is 4.62. The number of aliphatic hydroxyl groups excluding tert-OH is 1. The van der Waals surface area contributed by atoms with Crippen LogP contribution in [0.3, 0.4) is 0 Å². The van der Waals surface area contributed by atoms with Crippen molar-refractivity contribution in [2.24, 2.45) is 5.18 Å². The molecule has 14 heavy (non-hydrogen) atoms. The molecule has 0 aliphatic carbocycles. The van der Waals surface area contributed by atoms with Gasteiger partial charge in [0.1, 0.15) is 5.69 Å². The van der Waals surface area contributed by atoms with E-state index in [1.54, 1.807) is 12.1 Å². The standard InChI is InChI=1S/C10H14N2O2/c1-2-8-7-9(12-14)3-4-10(8)11-5-6-13/h3-4,7,11,13H,2,5-6H2,1H3. The molecule has 0 saturated carbocycles. The van der Waals surface area contributed by atoms with Crippen LogP contribution in [0.1, 0.15) is 12.5 Å². The molecule has 0 heterocycles. The first-order chi connectivity index (χ1) is 6.81. The Labute approximate surface area is 82.9 Å². The van der Waals surface area contributed by atoms with Crippen molar-refractivity contribution in [1.82, 2.24) is 0 Å². The highest BCUT2D eigenvalue weighted by atomic mass is 16.3. The Bertz CT molecular complexity index is 313. The quantitative estimate of drug-likeness (QED) is 0.705. The highest BCUT2D eigenvalue weighted by Crippen LogP contribution is 2.22. The molecule has 0 aliphatic heterocycles. The van der Waals surface area contributed by atoms with Crippen LogP contribution in [0.2, 0.25) is 0 Å². The fourth-order valence-electron chi connectivity index (χ4n) is 1.29. The van der Waals surface area contributed by atoms with E-state index < -0.39 is 0 Å². The lowest BCUT2D eigenvalue weighted by molar-refractivity contribution is 0.311. The number of aliphatic hydroxyl groups is 1. The van der Waals surface area contributed by atoms with Crippen LogP contribution in [0.4, 0.5) is 11.4 Å². The largest absolute Gasteiger partial charge is 0.395 e. The van der Waals surface area contributed by atoms with Crippen molar-refractivity contribution in [3.63, 3.8) is 0 Å². The molecule has 0 spiro atoms. The molecular formula is C10H14N2O2. The van der Waals surface area contributed by atoms with E-state index in [1.807, 2.05) is 13.0 Å². The second-order valence-electron chi connectivity index (χ2n) is 2.94. The van der Waals surface area contributed by atoms with Crippen molar-refractivity contribution in [3.8, 4) is 0 Å². The van der Waals surface area contributed by atoms with Gasteiger partial charge in [-0.3, -0.25) is 0 Å². The molecule has 76 valence electrons. The predicted molar refractivity (Wildman–Crippen MR) is 56.9 cm³/mol. The average Bonchev–Trinajstić information content (AvgIpc) is 2.26. The van der Waals surface area contributed by atoms with Gasteiger partial charge in [-0.2, -0.15) is 0 Å². The van der Waals surface area contributed by atoms with E-state index in [9.17, 15) is 4.91 Å². The third kappa shape index (κ3) is 2.53. The molecule has 0 saturated heterocycles. The van der Waals surface area contributed by atoms with Crippen LogP contribution in [-0.4, -0.2) is 18.3 Å². The van der Waals surface area contributed by atoms with Gasteiger partial charge in [0.15, 0.2) is 0 Å². The maximum Gasteiger partial charge on any atom is 0.108 e. The lowest BCUT2D eigenvalue weighted by atomic mass is 10.1. The molecule has 1 rings (SSSR count). The maximum atomic E-state index is 10.3. The Morgan fingerprint density at radius 3 is 2.86 bits per heavy atom. The van der Waals surface area contributed by atoms with Gasteiger partial charge >= 0.3 is 0 Å². The van der Waals surface area contributed by atoms with Gasteiger partial charge in [-0.05, 0) is 35.4 Å². The number of benzene rings is 1.